The molecule has 8 heteroatoms. The van der Waals surface area contributed by atoms with Gasteiger partial charge in [0.25, 0.3) is 5.91 Å². The molecule has 1 amide bonds. The van der Waals surface area contributed by atoms with Gasteiger partial charge in [-0.1, -0.05) is 24.3 Å². The number of carbonyl (C=O) groups excluding carboxylic acids is 1. The molecule has 0 bridgehead atoms. The molecule has 0 spiro atoms. The molecular formula is C22H16F3N3O2. The third kappa shape index (κ3) is 4.27. The lowest BCUT2D eigenvalue weighted by Crippen LogP contribution is -2.20. The van der Waals surface area contributed by atoms with Crippen LogP contribution < -0.4 is 10.1 Å². The highest BCUT2D eigenvalue weighted by Crippen LogP contribution is 2.28. The zero-order valence-electron chi connectivity index (χ0n) is 15.8. The number of para-hydroxylation sites is 1. The minimum atomic E-state index is -4.89. The Morgan fingerprint density at radius 3 is 2.67 bits per heavy atom. The van der Waals surface area contributed by atoms with Crippen molar-refractivity contribution in [1.82, 2.24) is 9.38 Å². The lowest BCUT2D eigenvalue weighted by molar-refractivity contribution is -0.274. The molecule has 2 aromatic carbocycles. The Kier molecular flexibility index (Phi) is 4.91. The molecule has 0 saturated carbocycles. The van der Waals surface area contributed by atoms with E-state index in [4.69, 9.17) is 0 Å². The van der Waals surface area contributed by atoms with Crippen LogP contribution in [0.3, 0.4) is 0 Å². The fourth-order valence-electron chi connectivity index (χ4n) is 3.05. The molecule has 0 saturated heterocycles. The molecule has 0 radical (unpaired) electrons. The third-order valence-electron chi connectivity index (χ3n) is 4.39. The van der Waals surface area contributed by atoms with Crippen molar-refractivity contribution in [3.05, 3.63) is 84.2 Å². The first-order chi connectivity index (χ1) is 14.3. The van der Waals surface area contributed by atoms with Crippen LogP contribution in [0.15, 0.2) is 73.1 Å². The minimum Gasteiger partial charge on any atom is -0.405 e. The summed E-state index contributed by atoms with van der Waals surface area (Å²) in [6.45, 7) is 1.98. The number of amides is 1. The molecule has 0 aliphatic rings. The predicted octanol–water partition coefficient (Wildman–Crippen LogP) is 5.46. The molecule has 0 fully saturated rings. The summed E-state index contributed by atoms with van der Waals surface area (Å²) >= 11 is 0. The van der Waals surface area contributed by atoms with Gasteiger partial charge in [0.15, 0.2) is 0 Å². The Bertz CT molecular complexity index is 1230. The van der Waals surface area contributed by atoms with Crippen molar-refractivity contribution in [2.24, 2.45) is 0 Å². The van der Waals surface area contributed by atoms with Crippen LogP contribution in [0, 0.1) is 6.92 Å². The average molecular weight is 411 g/mol. The Balaban J connectivity index is 1.60. The summed E-state index contributed by atoms with van der Waals surface area (Å²) in [5.41, 5.74) is 3.54. The fourth-order valence-corrected chi connectivity index (χ4v) is 3.05. The first-order valence-electron chi connectivity index (χ1n) is 9.00. The molecule has 1 N–H and O–H groups in total. The Morgan fingerprint density at radius 2 is 1.87 bits per heavy atom. The number of alkyl halides is 3. The number of imidazole rings is 1. The minimum absolute atomic E-state index is 0.219. The zero-order valence-corrected chi connectivity index (χ0v) is 15.8. The normalized spacial score (nSPS) is 11.5. The number of aromatic nitrogens is 2. The molecule has 0 aliphatic carbocycles. The van der Waals surface area contributed by atoms with Gasteiger partial charge in [0.05, 0.1) is 11.3 Å². The number of benzene rings is 2. The molecule has 4 aromatic rings. The second-order valence-corrected chi connectivity index (χ2v) is 6.67. The first kappa shape index (κ1) is 19.5. The van der Waals surface area contributed by atoms with Crippen molar-refractivity contribution < 1.29 is 22.7 Å². The number of ether oxygens (including phenoxy) is 1. The third-order valence-corrected chi connectivity index (χ3v) is 4.39. The molecule has 5 nitrogen and oxygen atoms in total. The summed E-state index contributed by atoms with van der Waals surface area (Å²) in [6, 6.07) is 16.0. The summed E-state index contributed by atoms with van der Waals surface area (Å²) in [6.07, 6.45) is -1.12. The number of anilines is 1. The Morgan fingerprint density at radius 1 is 1.07 bits per heavy atom. The quantitative estimate of drug-likeness (QED) is 0.485. The summed E-state index contributed by atoms with van der Waals surface area (Å²) in [5.74, 6) is -1.27. The van der Waals surface area contributed by atoms with Crippen LogP contribution in [-0.4, -0.2) is 21.7 Å². The number of pyridine rings is 1. The number of carbonyl (C=O) groups is 1. The van der Waals surface area contributed by atoms with Crippen LogP contribution in [0.1, 0.15) is 15.9 Å². The summed E-state index contributed by atoms with van der Waals surface area (Å²) in [7, 11) is 0. The summed E-state index contributed by atoms with van der Waals surface area (Å²) in [4.78, 5) is 17.2. The van der Waals surface area contributed by atoms with Crippen molar-refractivity contribution in [3.8, 4) is 17.0 Å². The fraction of sp³-hybridized carbons (Fsp3) is 0.0909. The van der Waals surface area contributed by atoms with E-state index >= 15 is 0 Å². The molecule has 2 aromatic heterocycles. The highest BCUT2D eigenvalue weighted by atomic mass is 19.4. The maximum absolute atomic E-state index is 12.6. The number of hydrogen-bond donors (Lipinski definition) is 1. The summed E-state index contributed by atoms with van der Waals surface area (Å²) in [5, 5.41) is 2.62. The van der Waals surface area contributed by atoms with Crippen molar-refractivity contribution >= 4 is 17.2 Å². The molecule has 2 heterocycles. The molecule has 0 aliphatic heterocycles. The van der Waals surface area contributed by atoms with Gasteiger partial charge in [-0.25, -0.2) is 4.98 Å². The van der Waals surface area contributed by atoms with Crippen LogP contribution in [-0.2, 0) is 0 Å². The van der Waals surface area contributed by atoms with Gasteiger partial charge in [0.1, 0.15) is 11.4 Å². The van der Waals surface area contributed by atoms with Crippen LogP contribution in [0.5, 0.6) is 5.75 Å². The van der Waals surface area contributed by atoms with Gasteiger partial charge in [-0.2, -0.15) is 0 Å². The second-order valence-electron chi connectivity index (χ2n) is 6.67. The highest BCUT2D eigenvalue weighted by Gasteiger charge is 2.32. The van der Waals surface area contributed by atoms with Crippen molar-refractivity contribution in [3.63, 3.8) is 0 Å². The summed E-state index contributed by atoms with van der Waals surface area (Å²) < 4.78 is 43.6. The highest BCUT2D eigenvalue weighted by molar-refractivity contribution is 6.06. The number of nitrogens with zero attached hydrogens (tertiary/aromatic N) is 2. The smallest absolute Gasteiger partial charge is 0.405 e. The van der Waals surface area contributed by atoms with Gasteiger partial charge in [0.2, 0.25) is 0 Å². The molecule has 4 rings (SSSR count). The Labute approximate surface area is 169 Å². The molecule has 0 unspecified atom stereocenters. The van der Waals surface area contributed by atoms with E-state index in [1.54, 1.807) is 18.2 Å². The van der Waals surface area contributed by atoms with Crippen molar-refractivity contribution in [2.45, 2.75) is 13.3 Å². The van der Waals surface area contributed by atoms with E-state index in [0.717, 1.165) is 22.8 Å². The number of rotatable bonds is 4. The number of halogens is 3. The topological polar surface area (TPSA) is 55.6 Å². The van der Waals surface area contributed by atoms with E-state index in [1.165, 1.54) is 18.2 Å². The monoisotopic (exact) mass is 411 g/mol. The van der Waals surface area contributed by atoms with Gasteiger partial charge in [-0.05, 0) is 48.9 Å². The SMILES string of the molecule is Cc1ccn2cc(-c3cccc(NC(=O)c4ccccc4OC(F)(F)F)c3)nc2c1. The van der Waals surface area contributed by atoms with Crippen LogP contribution in [0.4, 0.5) is 18.9 Å². The van der Waals surface area contributed by atoms with Crippen LogP contribution >= 0.6 is 0 Å². The molecule has 30 heavy (non-hydrogen) atoms. The van der Waals surface area contributed by atoms with E-state index in [1.807, 2.05) is 41.9 Å². The number of hydrogen-bond acceptors (Lipinski definition) is 3. The van der Waals surface area contributed by atoms with Gasteiger partial charge in [-0.15, -0.1) is 13.2 Å². The molecular weight excluding hydrogens is 395 g/mol. The molecule has 152 valence electrons. The lowest BCUT2D eigenvalue weighted by atomic mass is 10.1. The van der Waals surface area contributed by atoms with Crippen molar-refractivity contribution in [2.75, 3.05) is 5.32 Å². The largest absolute Gasteiger partial charge is 0.573 e. The second kappa shape index (κ2) is 7.55. The predicted molar refractivity (Wildman–Crippen MR) is 106 cm³/mol. The van der Waals surface area contributed by atoms with Gasteiger partial charge in [-0.3, -0.25) is 4.79 Å². The zero-order chi connectivity index (χ0) is 21.3. The number of fused-ring (bicyclic) bond motifs is 1. The van der Waals surface area contributed by atoms with Crippen molar-refractivity contribution in [1.29, 1.82) is 0 Å². The Hall–Kier alpha value is -3.81. The maximum atomic E-state index is 12.6. The lowest BCUT2D eigenvalue weighted by Gasteiger charge is -2.13. The van der Waals surface area contributed by atoms with E-state index in [9.17, 15) is 18.0 Å². The van der Waals surface area contributed by atoms with Gasteiger partial charge < -0.3 is 14.5 Å². The van der Waals surface area contributed by atoms with Crippen LogP contribution in [0.25, 0.3) is 16.9 Å². The average Bonchev–Trinajstić information content (AvgIpc) is 3.10. The van der Waals surface area contributed by atoms with Crippen LogP contribution in [0.2, 0.25) is 0 Å². The van der Waals surface area contributed by atoms with E-state index < -0.39 is 18.0 Å². The van der Waals surface area contributed by atoms with Gasteiger partial charge in [0, 0.05) is 23.6 Å². The first-order valence-corrected chi connectivity index (χ1v) is 9.00. The standard InChI is InChI=1S/C22H16F3N3O2/c1-14-9-10-28-13-18(27-20(28)11-14)15-5-4-6-16(12-15)26-21(29)17-7-2-3-8-19(17)30-22(23,24)25/h2-13H,1H3,(H,26,29). The number of aryl methyl sites for hydroxylation is 1. The van der Waals surface area contributed by atoms with E-state index in [-0.39, 0.29) is 5.56 Å². The van der Waals surface area contributed by atoms with Gasteiger partial charge >= 0.3 is 6.36 Å². The van der Waals surface area contributed by atoms with E-state index in [0.29, 0.717) is 11.4 Å². The maximum Gasteiger partial charge on any atom is 0.573 e. The number of nitrogens with one attached hydrogen (secondary N) is 1. The molecule has 0 atom stereocenters. The van der Waals surface area contributed by atoms with E-state index in [2.05, 4.69) is 15.0 Å².